The van der Waals surface area contributed by atoms with Gasteiger partial charge >= 0.3 is 5.97 Å². The number of Topliss-reactive ketones (excluding diaryl/α,β-unsaturated/α-hetero) is 1. The predicted molar refractivity (Wildman–Crippen MR) is 216 cm³/mol. The van der Waals surface area contributed by atoms with Gasteiger partial charge in [-0.2, -0.15) is 0 Å². The van der Waals surface area contributed by atoms with Crippen molar-refractivity contribution >= 4 is 28.2 Å². The molecule has 0 saturated heterocycles. The van der Waals surface area contributed by atoms with Gasteiger partial charge in [-0.25, -0.2) is 0 Å². The molecule has 0 spiro atoms. The molecule has 2 heterocycles. The fourth-order valence-corrected chi connectivity index (χ4v) is 9.93. The van der Waals surface area contributed by atoms with Crippen molar-refractivity contribution in [2.45, 2.75) is 69.5 Å². The van der Waals surface area contributed by atoms with Gasteiger partial charge in [-0.3, -0.25) is 9.59 Å². The smallest absolute Gasteiger partial charge is 0.318 e. The van der Waals surface area contributed by atoms with Crippen molar-refractivity contribution in [3.63, 3.8) is 0 Å². The molecule has 8 rings (SSSR count). The molecule has 1 saturated carbocycles. The van der Waals surface area contributed by atoms with Crippen LogP contribution in [0, 0.1) is 35.5 Å². The summed E-state index contributed by atoms with van der Waals surface area (Å²) >= 11 is 0. The maximum absolute atomic E-state index is 14.6. The summed E-state index contributed by atoms with van der Waals surface area (Å²) in [7, 11) is 1.51. The fraction of sp³-hybridized carbons (Fsp3) is 0.404. The number of phenols is 2. The second kappa shape index (κ2) is 16.7. The van der Waals surface area contributed by atoms with Crippen LogP contribution >= 0.6 is 0 Å². The number of aromatic hydroxyl groups is 2. The SMILES string of the molecule is COc1cc2c(cc1O)C1=C3C=CC4CC3C(CC4CCO)C2CC(=O)CC(C(O)Cc2ccc(O)c(OCCO)c2)OC(=O)CC#CCc2c1[nH]c1ccccc21. The number of cyclic esters (lactones) is 1. The van der Waals surface area contributed by atoms with Crippen LogP contribution in [0.4, 0.5) is 0 Å². The number of fused-ring (bicyclic) bond motifs is 6. The number of allylic oxidation sites excluding steroid dienone is 3. The summed E-state index contributed by atoms with van der Waals surface area (Å²) in [5.41, 5.74) is 7.03. The molecule has 6 N–H and O–H groups in total. The second-order valence-electron chi connectivity index (χ2n) is 15.9. The van der Waals surface area contributed by atoms with Gasteiger partial charge in [0.25, 0.3) is 0 Å². The molecule has 11 nitrogen and oxygen atoms in total. The Bertz CT molecular complexity index is 2350. The highest BCUT2D eigenvalue weighted by Crippen LogP contribution is 2.58. The van der Waals surface area contributed by atoms with E-state index in [9.17, 15) is 35.1 Å². The lowest BCUT2D eigenvalue weighted by atomic mass is 9.58. The molecule has 1 fully saturated rings. The third-order valence-electron chi connectivity index (χ3n) is 12.6. The Labute approximate surface area is 337 Å². The molecule has 7 atom stereocenters. The summed E-state index contributed by atoms with van der Waals surface area (Å²) in [5, 5.41) is 53.7. The number of carbonyl (C=O) groups is 2. The summed E-state index contributed by atoms with van der Waals surface area (Å²) in [6.07, 6.45) is 4.10. The predicted octanol–water partition coefficient (Wildman–Crippen LogP) is 5.88. The van der Waals surface area contributed by atoms with Crippen molar-refractivity contribution in [2.75, 3.05) is 26.9 Å². The number of hydrogen-bond acceptors (Lipinski definition) is 10. The maximum Gasteiger partial charge on any atom is 0.318 e. The number of rotatable bonds is 9. The van der Waals surface area contributed by atoms with Crippen LogP contribution in [0.1, 0.15) is 72.4 Å². The molecule has 3 aromatic carbocycles. The molecule has 1 aliphatic heterocycles. The molecular formula is C47H49NO10. The average Bonchev–Trinajstić information content (AvgIpc) is 3.52. The third kappa shape index (κ3) is 7.60. The summed E-state index contributed by atoms with van der Waals surface area (Å²) in [5.74, 6) is 5.73. The topological polar surface area (TPSA) is 179 Å². The highest BCUT2D eigenvalue weighted by Gasteiger charge is 2.47. The number of benzene rings is 3. The second-order valence-corrected chi connectivity index (χ2v) is 15.9. The van der Waals surface area contributed by atoms with Crippen LogP contribution in [0.5, 0.6) is 23.0 Å². The lowest BCUT2D eigenvalue weighted by Crippen LogP contribution is -2.38. The number of H-pyrrole nitrogens is 1. The van der Waals surface area contributed by atoms with Gasteiger partial charge in [-0.1, -0.05) is 48.3 Å². The molecule has 0 radical (unpaired) electrons. The van der Waals surface area contributed by atoms with Crippen molar-refractivity contribution in [3.05, 3.63) is 100 Å². The molecular weight excluding hydrogens is 739 g/mol. The van der Waals surface area contributed by atoms with Gasteiger partial charge in [0.2, 0.25) is 0 Å². The lowest BCUT2D eigenvalue weighted by molar-refractivity contribution is -0.155. The summed E-state index contributed by atoms with van der Waals surface area (Å²) in [6.45, 7) is -0.231. The number of nitrogens with one attached hydrogen (secondary N) is 1. The lowest BCUT2D eigenvalue weighted by Gasteiger charge is -2.46. The first-order valence-electron chi connectivity index (χ1n) is 20.1. The minimum atomic E-state index is -1.30. The van der Waals surface area contributed by atoms with E-state index in [2.05, 4.69) is 29.0 Å². The number of esters is 1. The normalized spacial score (nSPS) is 24.6. The minimum Gasteiger partial charge on any atom is -0.504 e. The molecule has 4 bridgehead atoms. The van der Waals surface area contributed by atoms with E-state index in [0.29, 0.717) is 18.4 Å². The van der Waals surface area contributed by atoms with Crippen LogP contribution in [-0.4, -0.2) is 81.4 Å². The highest BCUT2D eigenvalue weighted by atomic mass is 16.6. The number of para-hydroxylation sites is 1. The number of aliphatic hydroxyl groups is 3. The van der Waals surface area contributed by atoms with Gasteiger partial charge in [-0.05, 0) is 107 Å². The van der Waals surface area contributed by atoms with E-state index in [1.165, 1.54) is 13.2 Å². The summed E-state index contributed by atoms with van der Waals surface area (Å²) < 4.78 is 17.0. The zero-order valence-electron chi connectivity index (χ0n) is 32.4. The largest absolute Gasteiger partial charge is 0.504 e. The van der Waals surface area contributed by atoms with Crippen molar-refractivity contribution in [2.24, 2.45) is 23.7 Å². The van der Waals surface area contributed by atoms with E-state index < -0.39 is 18.2 Å². The van der Waals surface area contributed by atoms with Crippen LogP contribution in [0.15, 0.2) is 72.3 Å². The highest BCUT2D eigenvalue weighted by molar-refractivity contribution is 5.96. The Kier molecular flexibility index (Phi) is 11.3. The third-order valence-corrected chi connectivity index (χ3v) is 12.6. The van der Waals surface area contributed by atoms with Gasteiger partial charge in [-0.15, -0.1) is 0 Å². The summed E-state index contributed by atoms with van der Waals surface area (Å²) in [6, 6.07) is 16.2. The fourth-order valence-electron chi connectivity index (χ4n) is 9.93. The monoisotopic (exact) mass is 787 g/mol. The van der Waals surface area contributed by atoms with E-state index in [4.69, 9.17) is 14.2 Å². The number of ketones is 1. The molecule has 4 aliphatic rings. The minimum absolute atomic E-state index is 0.0172. The number of carbonyl (C=O) groups excluding carboxylic acids is 2. The average molecular weight is 788 g/mol. The standard InChI is InChI=1S/C47H49NO10/c1-56-42-25-36-35-22-29(51)23-44(40(53)18-26-10-13-39(52)43(19-26)57-17-16-50)58-45(55)9-5-3-7-32-30-6-2-4-8-38(30)48-47(32)46(37(36)24-41(42)54)31-12-11-27-20-33(31)34(35)21-28(27)14-15-49/h2,4,6,8,10-13,19,24-25,27-28,33-35,40,44,48-50,52-54H,7,9,14-18,20-23H2,1H3. The Morgan fingerprint density at radius 1 is 0.931 bits per heavy atom. The number of aromatic nitrogens is 1. The first-order chi connectivity index (χ1) is 28.2. The van der Waals surface area contributed by atoms with Crippen LogP contribution in [0.2, 0.25) is 0 Å². The number of aromatic amines is 1. The van der Waals surface area contributed by atoms with Crippen LogP contribution in [-0.2, 0) is 27.2 Å². The molecule has 0 amide bonds. The molecule has 58 heavy (non-hydrogen) atoms. The molecule has 7 unspecified atom stereocenters. The Hall–Kier alpha value is -5.54. The molecule has 1 aromatic heterocycles. The molecule has 4 aromatic rings. The Morgan fingerprint density at radius 3 is 2.57 bits per heavy atom. The van der Waals surface area contributed by atoms with Crippen LogP contribution in [0.25, 0.3) is 16.5 Å². The number of hydrogen-bond donors (Lipinski definition) is 6. The van der Waals surface area contributed by atoms with E-state index in [0.717, 1.165) is 57.3 Å². The van der Waals surface area contributed by atoms with Gasteiger partial charge in [0.15, 0.2) is 23.0 Å². The first kappa shape index (κ1) is 39.3. The van der Waals surface area contributed by atoms with Crippen molar-refractivity contribution < 1.29 is 49.3 Å². The van der Waals surface area contributed by atoms with E-state index in [1.807, 2.05) is 30.3 Å². The quantitative estimate of drug-likeness (QED) is 0.0887. The van der Waals surface area contributed by atoms with Crippen LogP contribution < -0.4 is 9.47 Å². The van der Waals surface area contributed by atoms with Gasteiger partial charge in [0.05, 0.1) is 25.5 Å². The zero-order valence-corrected chi connectivity index (χ0v) is 32.4. The van der Waals surface area contributed by atoms with Gasteiger partial charge in [0.1, 0.15) is 24.9 Å². The van der Waals surface area contributed by atoms with Crippen molar-refractivity contribution in [1.82, 2.24) is 4.98 Å². The summed E-state index contributed by atoms with van der Waals surface area (Å²) in [4.78, 5) is 31.7. The van der Waals surface area contributed by atoms with E-state index >= 15 is 0 Å². The van der Waals surface area contributed by atoms with E-state index in [-0.39, 0.29) is 104 Å². The zero-order chi connectivity index (χ0) is 40.5. The van der Waals surface area contributed by atoms with Crippen LogP contribution in [0.3, 0.4) is 0 Å². The molecule has 11 heteroatoms. The van der Waals surface area contributed by atoms with Crippen molar-refractivity contribution in [1.29, 1.82) is 0 Å². The molecule has 302 valence electrons. The number of ether oxygens (including phenoxy) is 3. The Morgan fingerprint density at radius 2 is 1.76 bits per heavy atom. The van der Waals surface area contributed by atoms with Crippen molar-refractivity contribution in [3.8, 4) is 34.8 Å². The Balaban J connectivity index is 1.27. The maximum atomic E-state index is 14.6. The number of aliphatic hydroxyl groups excluding tert-OH is 3. The number of methoxy groups -OCH3 is 1. The molecule has 3 aliphatic carbocycles. The van der Waals surface area contributed by atoms with E-state index in [1.54, 1.807) is 18.2 Å². The number of phenolic OH excluding ortho intramolecular Hbond substituents is 2. The van der Waals surface area contributed by atoms with Gasteiger partial charge < -0.3 is 44.7 Å². The van der Waals surface area contributed by atoms with Gasteiger partial charge in [0, 0.05) is 48.8 Å². The first-order valence-corrected chi connectivity index (χ1v) is 20.1.